The van der Waals surface area contributed by atoms with E-state index >= 15 is 0 Å². The lowest BCUT2D eigenvalue weighted by atomic mass is 9.86. The van der Waals surface area contributed by atoms with Crippen LogP contribution in [-0.2, 0) is 12.8 Å². The molecule has 3 rings (SSSR count). The lowest BCUT2D eigenvalue weighted by Gasteiger charge is -2.37. The quantitative estimate of drug-likeness (QED) is 0.493. The molecular formula is C17H21N5O3. The number of para-hydroxylation sites is 1. The number of hydrogen-bond acceptors (Lipinski definition) is 6. The SMILES string of the molecule is C=NC(Oc1ccccc1)(c1ncc([N+](=O)[O-])n1C)C1CCNCC1. The van der Waals surface area contributed by atoms with Crippen LogP contribution in [0.2, 0.25) is 0 Å². The van der Waals surface area contributed by atoms with Gasteiger partial charge >= 0.3 is 5.82 Å². The summed E-state index contributed by atoms with van der Waals surface area (Å²) in [5, 5.41) is 14.5. The maximum atomic E-state index is 11.2. The second-order valence-electron chi connectivity index (χ2n) is 6.05. The van der Waals surface area contributed by atoms with Crippen LogP contribution < -0.4 is 10.1 Å². The molecule has 0 radical (unpaired) electrons. The normalized spacial score (nSPS) is 17.6. The zero-order valence-electron chi connectivity index (χ0n) is 14.1. The van der Waals surface area contributed by atoms with E-state index in [-0.39, 0.29) is 11.7 Å². The minimum absolute atomic E-state index is 0.00663. The predicted octanol–water partition coefficient (Wildman–Crippen LogP) is 2.26. The molecule has 8 nitrogen and oxygen atoms in total. The van der Waals surface area contributed by atoms with Crippen LogP contribution in [0.4, 0.5) is 5.82 Å². The minimum atomic E-state index is -1.17. The third-order valence-electron chi connectivity index (χ3n) is 4.62. The summed E-state index contributed by atoms with van der Waals surface area (Å²) in [4.78, 5) is 19.4. The first-order valence-corrected chi connectivity index (χ1v) is 8.17. The van der Waals surface area contributed by atoms with Crippen molar-refractivity contribution in [2.45, 2.75) is 18.6 Å². The van der Waals surface area contributed by atoms with Crippen LogP contribution in [0, 0.1) is 16.0 Å². The molecular weight excluding hydrogens is 322 g/mol. The summed E-state index contributed by atoms with van der Waals surface area (Å²) in [5.41, 5.74) is -1.17. The average Bonchev–Trinajstić information content (AvgIpc) is 3.03. The fourth-order valence-electron chi connectivity index (χ4n) is 3.33. The Hall–Kier alpha value is -2.74. The molecule has 1 aliphatic rings. The van der Waals surface area contributed by atoms with Crippen molar-refractivity contribution in [2.75, 3.05) is 13.1 Å². The topological polar surface area (TPSA) is 94.6 Å². The third kappa shape index (κ3) is 3.12. The van der Waals surface area contributed by atoms with Crippen molar-refractivity contribution in [3.8, 4) is 5.75 Å². The molecule has 1 aliphatic heterocycles. The van der Waals surface area contributed by atoms with E-state index in [2.05, 4.69) is 22.0 Å². The van der Waals surface area contributed by atoms with Crippen molar-refractivity contribution in [3.05, 3.63) is 52.5 Å². The van der Waals surface area contributed by atoms with Crippen LogP contribution in [0.15, 0.2) is 41.5 Å². The Balaban J connectivity index is 2.10. The Bertz CT molecular complexity index is 755. The molecule has 1 fully saturated rings. The number of nitro groups is 1. The number of benzene rings is 1. The van der Waals surface area contributed by atoms with E-state index in [1.165, 1.54) is 10.8 Å². The number of nitrogens with zero attached hydrogens (tertiary/aromatic N) is 4. The molecule has 1 aromatic carbocycles. The third-order valence-corrected chi connectivity index (χ3v) is 4.62. The fourth-order valence-corrected chi connectivity index (χ4v) is 3.33. The number of ether oxygens (including phenoxy) is 1. The molecule has 2 heterocycles. The molecule has 2 aromatic rings. The number of hydrogen-bond donors (Lipinski definition) is 1. The standard InChI is InChI=1S/C17H21N5O3/c1-18-17(13-8-10-19-11-9-13,25-14-6-4-3-5-7-14)16-20-12-15(21(16)2)22(23)24/h3-7,12-13,19H,1,8-11H2,2H3. The second-order valence-corrected chi connectivity index (χ2v) is 6.05. The van der Waals surface area contributed by atoms with Crippen LogP contribution in [0.5, 0.6) is 5.75 Å². The van der Waals surface area contributed by atoms with E-state index in [0.29, 0.717) is 11.6 Å². The van der Waals surface area contributed by atoms with E-state index in [1.54, 1.807) is 7.05 Å². The monoisotopic (exact) mass is 343 g/mol. The highest BCUT2D eigenvalue weighted by atomic mass is 16.6. The largest absolute Gasteiger partial charge is 0.456 e. The van der Waals surface area contributed by atoms with E-state index in [0.717, 1.165) is 25.9 Å². The second kappa shape index (κ2) is 7.02. The van der Waals surface area contributed by atoms with Gasteiger partial charge in [0.05, 0.1) is 7.05 Å². The molecule has 1 unspecified atom stereocenters. The average molecular weight is 343 g/mol. The molecule has 0 bridgehead atoms. The summed E-state index contributed by atoms with van der Waals surface area (Å²) in [6.07, 6.45) is 2.86. The van der Waals surface area contributed by atoms with Gasteiger partial charge in [-0.15, -0.1) is 0 Å². The molecule has 1 saturated heterocycles. The predicted molar refractivity (Wildman–Crippen MR) is 93.8 cm³/mol. The van der Waals surface area contributed by atoms with Gasteiger partial charge in [0.1, 0.15) is 11.9 Å². The molecule has 25 heavy (non-hydrogen) atoms. The van der Waals surface area contributed by atoms with Gasteiger partial charge in [0.15, 0.2) is 0 Å². The van der Waals surface area contributed by atoms with Gasteiger partial charge in [0.2, 0.25) is 0 Å². The summed E-state index contributed by atoms with van der Waals surface area (Å²) in [6, 6.07) is 9.29. The van der Waals surface area contributed by atoms with Crippen molar-refractivity contribution in [3.63, 3.8) is 0 Å². The van der Waals surface area contributed by atoms with Gasteiger partial charge in [-0.1, -0.05) is 18.2 Å². The number of piperidine rings is 1. The smallest absolute Gasteiger partial charge is 0.342 e. The van der Waals surface area contributed by atoms with Gasteiger partial charge in [-0.05, 0) is 49.7 Å². The molecule has 1 aromatic heterocycles. The zero-order valence-corrected chi connectivity index (χ0v) is 14.1. The van der Waals surface area contributed by atoms with Crippen LogP contribution >= 0.6 is 0 Å². The lowest BCUT2D eigenvalue weighted by molar-refractivity contribution is -0.392. The molecule has 0 aliphatic carbocycles. The van der Waals surface area contributed by atoms with Crippen molar-refractivity contribution in [2.24, 2.45) is 18.0 Å². The van der Waals surface area contributed by atoms with Gasteiger partial charge in [-0.2, -0.15) is 0 Å². The van der Waals surface area contributed by atoms with Crippen LogP contribution in [0.25, 0.3) is 0 Å². The summed E-state index contributed by atoms with van der Waals surface area (Å²) in [6.45, 7) is 5.41. The van der Waals surface area contributed by atoms with Gasteiger partial charge in [-0.3, -0.25) is 0 Å². The van der Waals surface area contributed by atoms with Crippen LogP contribution in [0.3, 0.4) is 0 Å². The number of rotatable bonds is 6. The van der Waals surface area contributed by atoms with Crippen molar-refractivity contribution < 1.29 is 9.66 Å². The number of nitrogens with one attached hydrogen (secondary N) is 1. The van der Waals surface area contributed by atoms with Crippen molar-refractivity contribution >= 4 is 12.5 Å². The molecule has 8 heteroatoms. The molecule has 132 valence electrons. The maximum absolute atomic E-state index is 11.2. The summed E-state index contributed by atoms with van der Waals surface area (Å²) >= 11 is 0. The minimum Gasteiger partial charge on any atom is -0.456 e. The number of aliphatic imine (C=N–C) groups is 1. The first-order chi connectivity index (χ1) is 12.1. The molecule has 1 N–H and O–H groups in total. The Morgan fingerprint density at radius 2 is 2.08 bits per heavy atom. The Morgan fingerprint density at radius 3 is 2.64 bits per heavy atom. The van der Waals surface area contributed by atoms with E-state index in [1.807, 2.05) is 30.3 Å². The molecule has 0 spiro atoms. The highest BCUT2D eigenvalue weighted by Crippen LogP contribution is 2.40. The van der Waals surface area contributed by atoms with E-state index < -0.39 is 10.6 Å². The van der Waals surface area contributed by atoms with Crippen molar-refractivity contribution in [1.82, 2.24) is 14.9 Å². The zero-order chi connectivity index (χ0) is 17.9. The molecule has 0 saturated carbocycles. The molecule has 1 atom stereocenters. The summed E-state index contributed by atoms with van der Waals surface area (Å²) in [7, 11) is 1.61. The molecule has 0 amide bonds. The van der Waals surface area contributed by atoms with Gasteiger partial charge in [0.25, 0.3) is 11.5 Å². The first kappa shape index (κ1) is 17.1. The Kier molecular flexibility index (Phi) is 4.80. The highest BCUT2D eigenvalue weighted by molar-refractivity contribution is 5.32. The van der Waals surface area contributed by atoms with Gasteiger partial charge < -0.3 is 20.2 Å². The summed E-state index contributed by atoms with van der Waals surface area (Å²) < 4.78 is 7.72. The first-order valence-electron chi connectivity index (χ1n) is 8.17. The number of aromatic nitrogens is 2. The van der Waals surface area contributed by atoms with Crippen LogP contribution in [0.1, 0.15) is 18.7 Å². The lowest BCUT2D eigenvalue weighted by Crippen LogP contribution is -2.46. The van der Waals surface area contributed by atoms with Gasteiger partial charge in [0, 0.05) is 5.92 Å². The fraction of sp³-hybridized carbons (Fsp3) is 0.412. The van der Waals surface area contributed by atoms with Gasteiger partial charge in [-0.25, -0.2) is 14.5 Å². The highest BCUT2D eigenvalue weighted by Gasteiger charge is 2.49. The van der Waals surface area contributed by atoms with Crippen molar-refractivity contribution in [1.29, 1.82) is 0 Å². The van der Waals surface area contributed by atoms with E-state index in [9.17, 15) is 10.1 Å². The van der Waals surface area contributed by atoms with E-state index in [4.69, 9.17) is 4.74 Å². The number of imidazole rings is 1. The summed E-state index contributed by atoms with van der Waals surface area (Å²) in [5.74, 6) is 0.921. The maximum Gasteiger partial charge on any atom is 0.342 e. The Morgan fingerprint density at radius 1 is 1.40 bits per heavy atom. The Labute approximate surface area is 145 Å². The van der Waals surface area contributed by atoms with Crippen LogP contribution in [-0.4, -0.2) is 34.3 Å².